The van der Waals surface area contributed by atoms with Crippen molar-refractivity contribution in [3.05, 3.63) is 71.3 Å². The summed E-state index contributed by atoms with van der Waals surface area (Å²) in [6, 6.07) is 9.96. The van der Waals surface area contributed by atoms with E-state index in [0.29, 0.717) is 18.4 Å². The molecule has 0 bridgehead atoms. The predicted molar refractivity (Wildman–Crippen MR) is 99.3 cm³/mol. The van der Waals surface area contributed by atoms with Gasteiger partial charge in [-0.05, 0) is 56.0 Å². The van der Waals surface area contributed by atoms with Gasteiger partial charge in [-0.25, -0.2) is 8.78 Å². The van der Waals surface area contributed by atoms with E-state index in [0.717, 1.165) is 12.8 Å². The minimum absolute atomic E-state index is 0.0465. The van der Waals surface area contributed by atoms with E-state index in [1.807, 2.05) is 0 Å². The minimum Gasteiger partial charge on any atom is -0.368 e. The van der Waals surface area contributed by atoms with Gasteiger partial charge in [0.15, 0.2) is 0 Å². The molecule has 0 saturated heterocycles. The van der Waals surface area contributed by atoms with Crippen molar-refractivity contribution in [2.24, 2.45) is 10.7 Å². The SMILES string of the molecule is NC(=O)C(c1ccccc1F)N1C(=O)C(c2ccc(F)cc2)=NC12CCCC2. The molecule has 1 aliphatic heterocycles. The Labute approximate surface area is 160 Å². The first-order valence-electron chi connectivity index (χ1n) is 9.16. The summed E-state index contributed by atoms with van der Waals surface area (Å²) in [7, 11) is 0. The maximum atomic E-state index is 14.5. The van der Waals surface area contributed by atoms with E-state index in [9.17, 15) is 18.4 Å². The van der Waals surface area contributed by atoms with Gasteiger partial charge in [0.05, 0.1) is 0 Å². The third-order valence-electron chi connectivity index (χ3n) is 5.44. The highest BCUT2D eigenvalue weighted by atomic mass is 19.1. The summed E-state index contributed by atoms with van der Waals surface area (Å²) >= 11 is 0. The number of halogens is 2. The summed E-state index contributed by atoms with van der Waals surface area (Å²) < 4.78 is 27.8. The highest BCUT2D eigenvalue weighted by Gasteiger charge is 2.53. The number of aliphatic imine (C=N–C) groups is 1. The molecule has 1 heterocycles. The van der Waals surface area contributed by atoms with Crippen LogP contribution in [0.1, 0.15) is 42.9 Å². The van der Waals surface area contributed by atoms with Gasteiger partial charge in [-0.2, -0.15) is 0 Å². The molecule has 144 valence electrons. The molecule has 2 aromatic rings. The molecule has 7 heteroatoms. The zero-order valence-corrected chi connectivity index (χ0v) is 15.1. The monoisotopic (exact) mass is 383 g/mol. The zero-order chi connectivity index (χ0) is 19.9. The molecular weight excluding hydrogens is 364 g/mol. The maximum absolute atomic E-state index is 14.5. The molecule has 2 aliphatic rings. The Kier molecular flexibility index (Phi) is 4.45. The molecule has 2 aromatic carbocycles. The third-order valence-corrected chi connectivity index (χ3v) is 5.44. The first-order chi connectivity index (χ1) is 13.4. The summed E-state index contributed by atoms with van der Waals surface area (Å²) in [5, 5.41) is 0. The van der Waals surface area contributed by atoms with E-state index < -0.39 is 35.2 Å². The molecule has 1 spiro atoms. The van der Waals surface area contributed by atoms with Gasteiger partial charge in [-0.15, -0.1) is 0 Å². The van der Waals surface area contributed by atoms with Crippen LogP contribution in [0.3, 0.4) is 0 Å². The number of carbonyl (C=O) groups excluding carboxylic acids is 2. The summed E-state index contributed by atoms with van der Waals surface area (Å²) in [4.78, 5) is 31.7. The number of hydrogen-bond acceptors (Lipinski definition) is 3. The van der Waals surface area contributed by atoms with Gasteiger partial charge in [-0.1, -0.05) is 18.2 Å². The normalized spacial score (nSPS) is 19.1. The van der Waals surface area contributed by atoms with E-state index in [1.165, 1.54) is 47.4 Å². The molecule has 0 radical (unpaired) electrons. The van der Waals surface area contributed by atoms with Crippen molar-refractivity contribution in [3.8, 4) is 0 Å². The predicted octanol–water partition coefficient (Wildman–Crippen LogP) is 3.09. The molecule has 1 aliphatic carbocycles. The van der Waals surface area contributed by atoms with Gasteiger partial charge in [0.2, 0.25) is 5.91 Å². The van der Waals surface area contributed by atoms with Crippen LogP contribution < -0.4 is 5.73 Å². The molecule has 0 aromatic heterocycles. The van der Waals surface area contributed by atoms with Crippen LogP contribution in [0.15, 0.2) is 53.5 Å². The Morgan fingerprint density at radius 1 is 1.07 bits per heavy atom. The fraction of sp³-hybridized carbons (Fsp3) is 0.286. The highest BCUT2D eigenvalue weighted by Crippen LogP contribution is 2.45. The highest BCUT2D eigenvalue weighted by molar-refractivity contribution is 6.47. The number of nitrogens with two attached hydrogens (primary N) is 1. The average Bonchev–Trinajstić information content (AvgIpc) is 3.24. The largest absolute Gasteiger partial charge is 0.368 e. The van der Waals surface area contributed by atoms with Gasteiger partial charge in [0.1, 0.15) is 29.1 Å². The Morgan fingerprint density at radius 3 is 2.32 bits per heavy atom. The molecule has 2 N–H and O–H groups in total. The molecular formula is C21H19F2N3O2. The Balaban J connectivity index is 1.83. The zero-order valence-electron chi connectivity index (χ0n) is 15.1. The van der Waals surface area contributed by atoms with Crippen LogP contribution in [-0.2, 0) is 9.59 Å². The number of rotatable bonds is 4. The standard InChI is InChI=1S/C21H19F2N3O2/c22-14-9-7-13(8-10-14)17-20(28)26(21(25-17)11-3-4-12-21)18(19(24)27)15-5-1-2-6-16(15)23/h1-2,5-10,18H,3-4,11-12H2,(H2,24,27). The van der Waals surface area contributed by atoms with Crippen molar-refractivity contribution in [2.45, 2.75) is 37.4 Å². The van der Waals surface area contributed by atoms with E-state index in [4.69, 9.17) is 5.73 Å². The van der Waals surface area contributed by atoms with Crippen molar-refractivity contribution in [1.29, 1.82) is 0 Å². The second kappa shape index (κ2) is 6.82. The van der Waals surface area contributed by atoms with Crippen LogP contribution in [0.2, 0.25) is 0 Å². The lowest BCUT2D eigenvalue weighted by Gasteiger charge is -2.37. The summed E-state index contributed by atoms with van der Waals surface area (Å²) in [5.41, 5.74) is 5.34. The topological polar surface area (TPSA) is 75.8 Å². The van der Waals surface area contributed by atoms with E-state index in [2.05, 4.69) is 4.99 Å². The Hall–Kier alpha value is -3.09. The Bertz CT molecular complexity index is 966. The lowest BCUT2D eigenvalue weighted by Crippen LogP contribution is -2.51. The van der Waals surface area contributed by atoms with Crippen LogP contribution in [-0.4, -0.2) is 28.1 Å². The smallest absolute Gasteiger partial charge is 0.275 e. The van der Waals surface area contributed by atoms with Crippen molar-refractivity contribution >= 4 is 17.5 Å². The van der Waals surface area contributed by atoms with Crippen molar-refractivity contribution < 1.29 is 18.4 Å². The van der Waals surface area contributed by atoms with Gasteiger partial charge >= 0.3 is 0 Å². The number of hydrogen-bond donors (Lipinski definition) is 1. The fourth-order valence-corrected chi connectivity index (χ4v) is 4.18. The summed E-state index contributed by atoms with van der Waals surface area (Å²) in [6.07, 6.45) is 2.77. The average molecular weight is 383 g/mol. The van der Waals surface area contributed by atoms with E-state index in [1.54, 1.807) is 6.07 Å². The molecule has 1 unspecified atom stereocenters. The minimum atomic E-state index is -1.27. The number of primary amides is 1. The lowest BCUT2D eigenvalue weighted by molar-refractivity contribution is -0.139. The molecule has 5 nitrogen and oxygen atoms in total. The molecule has 1 saturated carbocycles. The first kappa shape index (κ1) is 18.3. The first-order valence-corrected chi connectivity index (χ1v) is 9.16. The lowest BCUT2D eigenvalue weighted by atomic mass is 9.98. The van der Waals surface area contributed by atoms with Crippen LogP contribution in [0, 0.1) is 11.6 Å². The molecule has 28 heavy (non-hydrogen) atoms. The number of amides is 2. The van der Waals surface area contributed by atoms with Crippen LogP contribution >= 0.6 is 0 Å². The Morgan fingerprint density at radius 2 is 1.71 bits per heavy atom. The number of nitrogens with zero attached hydrogens (tertiary/aromatic N) is 2. The molecule has 1 atom stereocenters. The third kappa shape index (κ3) is 2.87. The van der Waals surface area contributed by atoms with Crippen molar-refractivity contribution in [2.75, 3.05) is 0 Å². The van der Waals surface area contributed by atoms with Crippen molar-refractivity contribution in [3.63, 3.8) is 0 Å². The molecule has 1 fully saturated rings. The van der Waals surface area contributed by atoms with Crippen molar-refractivity contribution in [1.82, 2.24) is 4.90 Å². The van der Waals surface area contributed by atoms with Gasteiger partial charge < -0.3 is 5.73 Å². The van der Waals surface area contributed by atoms with Gasteiger partial charge in [0.25, 0.3) is 5.91 Å². The van der Waals surface area contributed by atoms with E-state index >= 15 is 0 Å². The second-order valence-electron chi connectivity index (χ2n) is 7.16. The van der Waals surface area contributed by atoms with Crippen LogP contribution in [0.25, 0.3) is 0 Å². The van der Waals surface area contributed by atoms with Crippen LogP contribution in [0.5, 0.6) is 0 Å². The molecule has 4 rings (SSSR count). The van der Waals surface area contributed by atoms with Gasteiger partial charge in [-0.3, -0.25) is 19.5 Å². The quantitative estimate of drug-likeness (QED) is 0.881. The maximum Gasteiger partial charge on any atom is 0.275 e. The summed E-state index contributed by atoms with van der Waals surface area (Å²) in [5.74, 6) is -2.35. The fourth-order valence-electron chi connectivity index (χ4n) is 4.18. The van der Waals surface area contributed by atoms with Gasteiger partial charge in [0, 0.05) is 11.1 Å². The molecule has 2 amide bonds. The van der Waals surface area contributed by atoms with Crippen LogP contribution in [0.4, 0.5) is 8.78 Å². The van der Waals surface area contributed by atoms with E-state index in [-0.39, 0.29) is 11.3 Å². The second-order valence-corrected chi connectivity index (χ2v) is 7.16. The number of carbonyl (C=O) groups is 2. The number of benzene rings is 2. The summed E-state index contributed by atoms with van der Waals surface area (Å²) in [6.45, 7) is 0.